The third-order valence-electron chi connectivity index (χ3n) is 2.74. The van der Waals surface area contributed by atoms with Gasteiger partial charge in [0.15, 0.2) is 5.15 Å². The average Bonchev–Trinajstić information content (AvgIpc) is 2.94. The van der Waals surface area contributed by atoms with Crippen LogP contribution in [-0.2, 0) is 5.60 Å². The standard InChI is InChI=1S/C13H14ClN3O2S/c1-13(19,9-4-6-20-7-9)8-16-12(18)17-10-3-2-5-15-11(10)14/h2-7,19H,8H2,1H3,(H2,16,17,18)/t13-/m0/s1. The van der Waals surface area contributed by atoms with Gasteiger partial charge in [0, 0.05) is 6.20 Å². The molecular formula is C13H14ClN3O2S. The van der Waals surface area contributed by atoms with E-state index < -0.39 is 11.6 Å². The molecule has 0 saturated carbocycles. The van der Waals surface area contributed by atoms with Gasteiger partial charge in [-0.15, -0.1) is 0 Å². The van der Waals surface area contributed by atoms with Crippen molar-refractivity contribution in [2.45, 2.75) is 12.5 Å². The van der Waals surface area contributed by atoms with Crippen molar-refractivity contribution in [2.75, 3.05) is 11.9 Å². The van der Waals surface area contributed by atoms with E-state index in [1.807, 2.05) is 16.8 Å². The number of nitrogens with one attached hydrogen (secondary N) is 2. The second kappa shape index (κ2) is 6.21. The maximum atomic E-state index is 11.8. The molecule has 0 radical (unpaired) electrons. The van der Waals surface area contributed by atoms with Gasteiger partial charge in [0.25, 0.3) is 0 Å². The summed E-state index contributed by atoms with van der Waals surface area (Å²) < 4.78 is 0. The molecule has 0 aliphatic carbocycles. The fourth-order valence-electron chi connectivity index (χ4n) is 1.57. The second-order valence-corrected chi connectivity index (χ2v) is 5.57. The summed E-state index contributed by atoms with van der Waals surface area (Å²) in [4.78, 5) is 15.6. The Morgan fingerprint density at radius 3 is 3.00 bits per heavy atom. The predicted octanol–water partition coefficient (Wildman–Crippen LogP) is 2.83. The highest BCUT2D eigenvalue weighted by molar-refractivity contribution is 7.08. The Kier molecular flexibility index (Phi) is 4.59. The Morgan fingerprint density at radius 1 is 1.55 bits per heavy atom. The van der Waals surface area contributed by atoms with Gasteiger partial charge >= 0.3 is 6.03 Å². The molecule has 106 valence electrons. The lowest BCUT2D eigenvalue weighted by molar-refractivity contribution is 0.0604. The summed E-state index contributed by atoms with van der Waals surface area (Å²) in [5.74, 6) is 0. The quantitative estimate of drug-likeness (QED) is 0.760. The van der Waals surface area contributed by atoms with Gasteiger partial charge in [0.2, 0.25) is 0 Å². The number of halogens is 1. The van der Waals surface area contributed by atoms with Crippen LogP contribution >= 0.6 is 22.9 Å². The SMILES string of the molecule is C[C@](O)(CNC(=O)Nc1cccnc1Cl)c1ccsc1. The van der Waals surface area contributed by atoms with Crippen LogP contribution in [0.3, 0.4) is 0 Å². The Morgan fingerprint density at radius 2 is 2.35 bits per heavy atom. The fraction of sp³-hybridized carbons (Fsp3) is 0.231. The number of carbonyl (C=O) groups excluding carboxylic acids is 1. The van der Waals surface area contributed by atoms with Crippen LogP contribution in [0.25, 0.3) is 0 Å². The van der Waals surface area contributed by atoms with Gasteiger partial charge in [-0.2, -0.15) is 11.3 Å². The number of aromatic nitrogens is 1. The molecule has 2 aromatic heterocycles. The number of pyridine rings is 1. The topological polar surface area (TPSA) is 74.2 Å². The van der Waals surface area contributed by atoms with Crippen LogP contribution in [0, 0.1) is 0 Å². The van der Waals surface area contributed by atoms with E-state index >= 15 is 0 Å². The molecule has 20 heavy (non-hydrogen) atoms. The van der Waals surface area contributed by atoms with Gasteiger partial charge in [-0.1, -0.05) is 11.6 Å². The highest BCUT2D eigenvalue weighted by Gasteiger charge is 2.24. The minimum atomic E-state index is -1.12. The molecule has 5 nitrogen and oxygen atoms in total. The molecule has 2 aromatic rings. The lowest BCUT2D eigenvalue weighted by Crippen LogP contribution is -2.40. The first kappa shape index (κ1) is 14.8. The molecular weight excluding hydrogens is 298 g/mol. The van der Waals surface area contributed by atoms with Crippen LogP contribution in [-0.4, -0.2) is 22.7 Å². The Labute approximate surface area is 125 Å². The molecule has 7 heteroatoms. The molecule has 1 atom stereocenters. The van der Waals surface area contributed by atoms with Crippen LogP contribution in [0.4, 0.5) is 10.5 Å². The van der Waals surface area contributed by atoms with Crippen LogP contribution in [0.15, 0.2) is 35.2 Å². The van der Waals surface area contributed by atoms with Gasteiger partial charge in [0.1, 0.15) is 5.60 Å². The number of thiophene rings is 1. The van der Waals surface area contributed by atoms with Crippen molar-refractivity contribution in [3.63, 3.8) is 0 Å². The molecule has 0 spiro atoms. The maximum Gasteiger partial charge on any atom is 0.319 e. The number of amides is 2. The van der Waals surface area contributed by atoms with Gasteiger partial charge in [-0.25, -0.2) is 9.78 Å². The van der Waals surface area contributed by atoms with Crippen LogP contribution in [0.5, 0.6) is 0 Å². The molecule has 3 N–H and O–H groups in total. The van der Waals surface area contributed by atoms with Crippen molar-refractivity contribution in [1.29, 1.82) is 0 Å². The highest BCUT2D eigenvalue weighted by atomic mass is 35.5. The van der Waals surface area contributed by atoms with Crippen LogP contribution in [0.2, 0.25) is 5.15 Å². The summed E-state index contributed by atoms with van der Waals surface area (Å²) >= 11 is 7.33. The van der Waals surface area contributed by atoms with Gasteiger partial charge in [-0.05, 0) is 41.4 Å². The molecule has 0 unspecified atom stereocenters. The van der Waals surface area contributed by atoms with Crippen molar-refractivity contribution >= 4 is 34.7 Å². The summed E-state index contributed by atoms with van der Waals surface area (Å²) in [5.41, 5.74) is 0.0693. The van der Waals surface area contributed by atoms with Crippen molar-refractivity contribution in [3.05, 3.63) is 45.9 Å². The number of nitrogens with zero attached hydrogens (tertiary/aromatic N) is 1. The number of hydrogen-bond donors (Lipinski definition) is 3. The fourth-order valence-corrected chi connectivity index (χ4v) is 2.52. The van der Waals surface area contributed by atoms with E-state index in [9.17, 15) is 9.90 Å². The average molecular weight is 312 g/mol. The second-order valence-electron chi connectivity index (χ2n) is 4.44. The minimum absolute atomic E-state index is 0.0907. The summed E-state index contributed by atoms with van der Waals surface area (Å²) in [6, 6.07) is 4.69. The van der Waals surface area contributed by atoms with Crippen molar-refractivity contribution in [3.8, 4) is 0 Å². The first-order valence-corrected chi connectivity index (χ1v) is 7.21. The third-order valence-corrected chi connectivity index (χ3v) is 3.73. The summed E-state index contributed by atoms with van der Waals surface area (Å²) in [7, 11) is 0. The molecule has 2 amide bonds. The minimum Gasteiger partial charge on any atom is -0.384 e. The summed E-state index contributed by atoms with van der Waals surface area (Å²) in [6.07, 6.45) is 1.53. The van der Waals surface area contributed by atoms with Gasteiger partial charge in [0.05, 0.1) is 12.2 Å². The molecule has 0 aromatic carbocycles. The first-order chi connectivity index (χ1) is 9.49. The largest absolute Gasteiger partial charge is 0.384 e. The van der Waals surface area contributed by atoms with E-state index in [0.29, 0.717) is 5.69 Å². The summed E-state index contributed by atoms with van der Waals surface area (Å²) in [5, 5.41) is 19.4. The third kappa shape index (κ3) is 3.69. The molecule has 0 bridgehead atoms. The monoisotopic (exact) mass is 311 g/mol. The van der Waals surface area contributed by atoms with Crippen molar-refractivity contribution in [1.82, 2.24) is 10.3 Å². The molecule has 0 aliphatic heterocycles. The zero-order chi connectivity index (χ0) is 14.6. The predicted molar refractivity (Wildman–Crippen MR) is 80.2 cm³/mol. The number of aliphatic hydroxyl groups is 1. The Bertz CT molecular complexity index is 587. The number of urea groups is 1. The van der Waals surface area contributed by atoms with E-state index in [1.54, 1.807) is 19.1 Å². The Hall–Kier alpha value is -1.63. The molecule has 0 fully saturated rings. The smallest absolute Gasteiger partial charge is 0.319 e. The molecule has 0 aliphatic rings. The number of carbonyl (C=O) groups is 1. The zero-order valence-corrected chi connectivity index (χ0v) is 12.3. The molecule has 2 heterocycles. The van der Waals surface area contributed by atoms with Crippen molar-refractivity contribution in [2.24, 2.45) is 0 Å². The van der Waals surface area contributed by atoms with E-state index in [2.05, 4.69) is 15.6 Å². The van der Waals surface area contributed by atoms with Gasteiger partial charge < -0.3 is 15.7 Å². The van der Waals surface area contributed by atoms with Crippen LogP contribution < -0.4 is 10.6 Å². The normalized spacial score (nSPS) is 13.6. The number of hydrogen-bond acceptors (Lipinski definition) is 4. The highest BCUT2D eigenvalue weighted by Crippen LogP contribution is 2.22. The van der Waals surface area contributed by atoms with Gasteiger partial charge in [-0.3, -0.25) is 0 Å². The van der Waals surface area contributed by atoms with Crippen molar-refractivity contribution < 1.29 is 9.90 Å². The van der Waals surface area contributed by atoms with E-state index in [1.165, 1.54) is 17.5 Å². The Balaban J connectivity index is 1.91. The number of anilines is 1. The maximum absolute atomic E-state index is 11.8. The molecule has 2 rings (SSSR count). The molecule has 0 saturated heterocycles. The van der Waals surface area contributed by atoms with E-state index in [4.69, 9.17) is 11.6 Å². The lowest BCUT2D eigenvalue weighted by Gasteiger charge is -2.22. The van der Waals surface area contributed by atoms with E-state index in [0.717, 1.165) is 5.56 Å². The number of rotatable bonds is 4. The zero-order valence-electron chi connectivity index (χ0n) is 10.8. The van der Waals surface area contributed by atoms with E-state index in [-0.39, 0.29) is 11.7 Å². The lowest BCUT2D eigenvalue weighted by atomic mass is 9.99. The van der Waals surface area contributed by atoms with Crippen LogP contribution in [0.1, 0.15) is 12.5 Å². The summed E-state index contributed by atoms with van der Waals surface area (Å²) in [6.45, 7) is 1.74. The first-order valence-electron chi connectivity index (χ1n) is 5.89.